The van der Waals surface area contributed by atoms with Crippen molar-refractivity contribution in [1.29, 1.82) is 0 Å². The van der Waals surface area contributed by atoms with Gasteiger partial charge in [-0.3, -0.25) is 0 Å². The third-order valence-electron chi connectivity index (χ3n) is 1.46. The number of benzene rings is 1. The van der Waals surface area contributed by atoms with Gasteiger partial charge in [-0.1, -0.05) is 18.2 Å². The molecule has 0 aliphatic heterocycles. The summed E-state index contributed by atoms with van der Waals surface area (Å²) in [6, 6.07) is 10.3. The van der Waals surface area contributed by atoms with E-state index in [1.54, 1.807) is 0 Å². The Morgan fingerprint density at radius 1 is 1.25 bits per heavy atom. The van der Waals surface area contributed by atoms with E-state index in [1.165, 1.54) is 16.2 Å². The quantitative estimate of drug-likeness (QED) is 0.463. The molecule has 0 radical (unpaired) electrons. The van der Waals surface area contributed by atoms with Gasteiger partial charge >= 0.3 is 0 Å². The average molecular weight is 164 g/mol. The van der Waals surface area contributed by atoms with Crippen molar-refractivity contribution in [1.82, 2.24) is 4.98 Å². The van der Waals surface area contributed by atoms with Crippen molar-refractivity contribution < 1.29 is 5.21 Å². The van der Waals surface area contributed by atoms with Crippen LogP contribution in [0.1, 0.15) is 0 Å². The Labute approximate surface area is 68.8 Å². The fourth-order valence-electron chi connectivity index (χ4n) is 0.995. The maximum Gasteiger partial charge on any atom is 0.152 e. The van der Waals surface area contributed by atoms with Crippen LogP contribution in [0.15, 0.2) is 41.9 Å². The van der Waals surface area contributed by atoms with Gasteiger partial charge in [0.15, 0.2) is 5.34 Å². The number of hydrogen-bond donors (Lipinski definition) is 2. The van der Waals surface area contributed by atoms with E-state index in [9.17, 15) is 0 Å². The molecule has 12 heavy (non-hydrogen) atoms. The molecular weight excluding hydrogens is 156 g/mol. The third kappa shape index (κ3) is 1.82. The first-order valence-corrected chi connectivity index (χ1v) is 3.37. The molecule has 0 saturated carbocycles. The van der Waals surface area contributed by atoms with E-state index < -0.39 is 0 Å². The lowest BCUT2D eigenvalue weighted by Gasteiger charge is -1.83. The van der Waals surface area contributed by atoms with Crippen LogP contribution in [0.25, 0.3) is 10.9 Å². The van der Waals surface area contributed by atoms with Gasteiger partial charge in [-0.15, -0.1) is 4.91 Å². The van der Waals surface area contributed by atoms with Crippen LogP contribution in [-0.2, 0) is 0 Å². The number of nitrogens with one attached hydrogen (secondary N) is 1. The van der Waals surface area contributed by atoms with Crippen LogP contribution in [-0.4, -0.2) is 10.2 Å². The van der Waals surface area contributed by atoms with Crippen molar-refractivity contribution in [2.24, 2.45) is 5.34 Å². The van der Waals surface area contributed by atoms with Crippen LogP contribution in [0.2, 0.25) is 0 Å². The van der Waals surface area contributed by atoms with Gasteiger partial charge < -0.3 is 10.2 Å². The fourth-order valence-corrected chi connectivity index (χ4v) is 0.995. The number of H-pyrrole nitrogens is 1. The van der Waals surface area contributed by atoms with Gasteiger partial charge in [0.2, 0.25) is 0 Å². The number of nitrogens with zero attached hydrogens (tertiary/aromatic N) is 1. The molecule has 1 aromatic heterocycles. The topological polar surface area (TPSA) is 65.4 Å². The normalized spacial score (nSPS) is 8.67. The molecule has 0 aliphatic rings. The van der Waals surface area contributed by atoms with Crippen LogP contribution >= 0.6 is 0 Å². The average Bonchev–Trinajstić information content (AvgIpc) is 2.52. The molecule has 2 rings (SSSR count). The second-order valence-corrected chi connectivity index (χ2v) is 2.15. The maximum absolute atomic E-state index is 8.11. The zero-order valence-corrected chi connectivity index (χ0v) is 6.27. The molecule has 0 aliphatic carbocycles. The van der Waals surface area contributed by atoms with E-state index >= 15 is 0 Å². The summed E-state index contributed by atoms with van der Waals surface area (Å²) in [6.07, 6.45) is 1.95. The van der Waals surface area contributed by atoms with E-state index in [-0.39, 0.29) is 0 Å². The lowest BCUT2D eigenvalue weighted by molar-refractivity contribution is 0.312. The Bertz CT molecular complexity index is 326. The van der Waals surface area contributed by atoms with Gasteiger partial charge in [-0.05, 0) is 17.5 Å². The van der Waals surface area contributed by atoms with Crippen LogP contribution in [0.5, 0.6) is 0 Å². The zero-order chi connectivity index (χ0) is 8.81. The third-order valence-corrected chi connectivity index (χ3v) is 1.46. The molecule has 1 aromatic carbocycles. The van der Waals surface area contributed by atoms with Crippen LogP contribution in [0.4, 0.5) is 0 Å². The lowest BCUT2D eigenvalue weighted by Crippen LogP contribution is -1.61. The molecule has 4 nitrogen and oxygen atoms in total. The molecule has 1 heterocycles. The Morgan fingerprint density at radius 3 is 2.58 bits per heavy atom. The standard InChI is InChI=1S/C8H7N.HNO2/c1-2-4-8-7(3-1)5-6-9-8;2-1-3/h1-6,9H;(H,2,3). The van der Waals surface area contributed by atoms with E-state index in [2.05, 4.69) is 23.2 Å². The molecule has 0 saturated heterocycles. The number of aromatic amines is 1. The van der Waals surface area contributed by atoms with Crippen LogP contribution in [0, 0.1) is 4.91 Å². The minimum atomic E-state index is 1.21. The van der Waals surface area contributed by atoms with E-state index in [0.717, 1.165) is 0 Å². The Morgan fingerprint density at radius 2 is 1.92 bits per heavy atom. The SMILES string of the molecule is O=NO.c1ccc2[nH]ccc2c1. The Kier molecular flexibility index (Phi) is 2.84. The first kappa shape index (κ1) is 8.26. The first-order valence-electron chi connectivity index (χ1n) is 3.37. The summed E-state index contributed by atoms with van der Waals surface area (Å²) in [7, 11) is 0. The van der Waals surface area contributed by atoms with Crippen molar-refractivity contribution in [2.75, 3.05) is 0 Å². The maximum atomic E-state index is 8.11. The van der Waals surface area contributed by atoms with Crippen molar-refractivity contribution in [3.05, 3.63) is 41.4 Å². The summed E-state index contributed by atoms with van der Waals surface area (Å²) in [5.74, 6) is 0. The van der Waals surface area contributed by atoms with Crippen molar-refractivity contribution in [3.63, 3.8) is 0 Å². The second-order valence-electron chi connectivity index (χ2n) is 2.15. The van der Waals surface area contributed by atoms with E-state index in [0.29, 0.717) is 0 Å². The van der Waals surface area contributed by atoms with Crippen LogP contribution < -0.4 is 0 Å². The summed E-state index contributed by atoms with van der Waals surface area (Å²) in [4.78, 5) is 11.2. The monoisotopic (exact) mass is 164 g/mol. The Hall–Kier alpha value is -1.84. The minimum Gasteiger partial charge on any atom is -0.379 e. The number of aromatic nitrogens is 1. The fraction of sp³-hybridized carbons (Fsp3) is 0. The molecule has 0 amide bonds. The summed E-state index contributed by atoms with van der Waals surface area (Å²) < 4.78 is 0. The number of rotatable bonds is 0. The van der Waals surface area contributed by atoms with Gasteiger partial charge in [0.1, 0.15) is 0 Å². The van der Waals surface area contributed by atoms with Crippen molar-refractivity contribution in [2.45, 2.75) is 0 Å². The predicted molar refractivity (Wildman–Crippen MR) is 45.9 cm³/mol. The van der Waals surface area contributed by atoms with Gasteiger partial charge in [-0.2, -0.15) is 0 Å². The molecule has 62 valence electrons. The lowest BCUT2D eigenvalue weighted by atomic mass is 10.3. The summed E-state index contributed by atoms with van der Waals surface area (Å²) in [5.41, 5.74) is 1.21. The van der Waals surface area contributed by atoms with Gasteiger partial charge in [0.05, 0.1) is 0 Å². The molecule has 0 atom stereocenters. The number of hydrogen-bond acceptors (Lipinski definition) is 2. The molecule has 2 aromatic rings. The van der Waals surface area contributed by atoms with Crippen molar-refractivity contribution in [3.8, 4) is 0 Å². The van der Waals surface area contributed by atoms with Crippen molar-refractivity contribution >= 4 is 10.9 Å². The van der Waals surface area contributed by atoms with Crippen LogP contribution in [0.3, 0.4) is 0 Å². The highest BCUT2D eigenvalue weighted by Crippen LogP contribution is 2.09. The molecular formula is C8H8N2O2. The predicted octanol–water partition coefficient (Wildman–Crippen LogP) is 2.31. The largest absolute Gasteiger partial charge is 0.379 e. The highest BCUT2D eigenvalue weighted by molar-refractivity contribution is 5.78. The highest BCUT2D eigenvalue weighted by Gasteiger charge is 1.86. The molecule has 0 bridgehead atoms. The van der Waals surface area contributed by atoms with Gasteiger partial charge in [0, 0.05) is 11.7 Å². The smallest absolute Gasteiger partial charge is 0.152 e. The first-order chi connectivity index (χ1) is 5.88. The number of para-hydroxylation sites is 1. The summed E-state index contributed by atoms with van der Waals surface area (Å²) >= 11 is 0. The minimum absolute atomic E-state index is 1.21. The highest BCUT2D eigenvalue weighted by atomic mass is 16.6. The van der Waals surface area contributed by atoms with E-state index in [1.807, 2.05) is 18.3 Å². The number of fused-ring (bicyclic) bond motifs is 1. The summed E-state index contributed by atoms with van der Waals surface area (Å²) in [5, 5.41) is 9.16. The van der Waals surface area contributed by atoms with Gasteiger partial charge in [0.25, 0.3) is 0 Å². The molecule has 4 heteroatoms. The Balaban J connectivity index is 0.000000213. The molecule has 2 N–H and O–H groups in total. The molecule has 0 unspecified atom stereocenters. The summed E-state index contributed by atoms with van der Waals surface area (Å²) in [6.45, 7) is 0. The van der Waals surface area contributed by atoms with Gasteiger partial charge in [-0.25, -0.2) is 0 Å². The second kappa shape index (κ2) is 4.12. The zero-order valence-electron chi connectivity index (χ0n) is 6.27. The van der Waals surface area contributed by atoms with E-state index in [4.69, 9.17) is 10.1 Å². The molecule has 0 spiro atoms. The molecule has 0 fully saturated rings.